The third-order valence-electron chi connectivity index (χ3n) is 3.02. The lowest BCUT2D eigenvalue weighted by Gasteiger charge is -2.26. The summed E-state index contributed by atoms with van der Waals surface area (Å²) in [5, 5.41) is 0.904. The minimum absolute atomic E-state index is 0.0213. The predicted molar refractivity (Wildman–Crippen MR) is 82.7 cm³/mol. The summed E-state index contributed by atoms with van der Waals surface area (Å²) in [6.45, 7) is 6.48. The van der Waals surface area contributed by atoms with E-state index in [2.05, 4.69) is 4.98 Å². The average Bonchev–Trinajstić information content (AvgIpc) is 2.82. The zero-order valence-corrected chi connectivity index (χ0v) is 12.8. The lowest BCUT2D eigenvalue weighted by molar-refractivity contribution is 0.0695. The standard InChI is InChI=1S/C15H19N3OS/c1-10(2)18(9-12-5-4-6-13(16)7-12)15(19)14-8-17-11(3)20-14/h4-8,10H,9,16H2,1-3H3. The summed E-state index contributed by atoms with van der Waals surface area (Å²) < 4.78 is 0. The van der Waals surface area contributed by atoms with Crippen LogP contribution in [0.15, 0.2) is 30.5 Å². The Morgan fingerprint density at radius 2 is 2.20 bits per heavy atom. The number of thiazole rings is 1. The van der Waals surface area contributed by atoms with E-state index in [1.165, 1.54) is 11.3 Å². The zero-order valence-electron chi connectivity index (χ0n) is 12.0. The van der Waals surface area contributed by atoms with E-state index in [-0.39, 0.29) is 11.9 Å². The van der Waals surface area contributed by atoms with Crippen LogP contribution in [0, 0.1) is 6.92 Å². The number of carbonyl (C=O) groups excluding carboxylic acids is 1. The van der Waals surface area contributed by atoms with E-state index < -0.39 is 0 Å². The maximum atomic E-state index is 12.6. The summed E-state index contributed by atoms with van der Waals surface area (Å²) >= 11 is 1.43. The number of anilines is 1. The van der Waals surface area contributed by atoms with Crippen LogP contribution in [0.2, 0.25) is 0 Å². The maximum Gasteiger partial charge on any atom is 0.266 e. The summed E-state index contributed by atoms with van der Waals surface area (Å²) in [6.07, 6.45) is 1.65. The van der Waals surface area contributed by atoms with Gasteiger partial charge in [0.15, 0.2) is 0 Å². The predicted octanol–water partition coefficient (Wildman–Crippen LogP) is 3.08. The lowest BCUT2D eigenvalue weighted by Crippen LogP contribution is -2.36. The molecule has 0 spiro atoms. The van der Waals surface area contributed by atoms with E-state index in [1.807, 2.05) is 49.9 Å². The Kier molecular flexibility index (Phi) is 4.39. The quantitative estimate of drug-likeness (QED) is 0.880. The fourth-order valence-corrected chi connectivity index (χ4v) is 2.71. The number of rotatable bonds is 4. The molecule has 0 aliphatic rings. The van der Waals surface area contributed by atoms with Gasteiger partial charge in [0.1, 0.15) is 4.88 Å². The Labute approximate surface area is 123 Å². The number of hydrogen-bond donors (Lipinski definition) is 1. The number of hydrogen-bond acceptors (Lipinski definition) is 4. The SMILES string of the molecule is Cc1ncc(C(=O)N(Cc2cccc(N)c2)C(C)C)s1. The van der Waals surface area contributed by atoms with Gasteiger partial charge in [0.05, 0.1) is 11.2 Å². The number of aryl methyl sites for hydroxylation is 1. The molecule has 0 bridgehead atoms. The van der Waals surface area contributed by atoms with Crippen molar-refractivity contribution in [3.05, 3.63) is 45.9 Å². The van der Waals surface area contributed by atoms with Crippen LogP contribution in [0.5, 0.6) is 0 Å². The molecular weight excluding hydrogens is 270 g/mol. The molecule has 1 heterocycles. The first kappa shape index (κ1) is 14.5. The highest BCUT2D eigenvalue weighted by Gasteiger charge is 2.20. The molecule has 106 valence electrons. The smallest absolute Gasteiger partial charge is 0.266 e. The number of carbonyl (C=O) groups is 1. The normalized spacial score (nSPS) is 10.8. The molecule has 20 heavy (non-hydrogen) atoms. The third-order valence-corrected chi connectivity index (χ3v) is 3.92. The highest BCUT2D eigenvalue weighted by molar-refractivity contribution is 7.13. The number of nitrogens with two attached hydrogens (primary N) is 1. The van der Waals surface area contributed by atoms with Gasteiger partial charge in [-0.15, -0.1) is 11.3 Å². The molecule has 0 aliphatic heterocycles. The molecule has 1 aromatic heterocycles. The van der Waals surface area contributed by atoms with Gasteiger partial charge in [0, 0.05) is 18.3 Å². The van der Waals surface area contributed by atoms with Crippen molar-refractivity contribution < 1.29 is 4.79 Å². The van der Waals surface area contributed by atoms with Gasteiger partial charge >= 0.3 is 0 Å². The summed E-state index contributed by atoms with van der Waals surface area (Å²) in [5.41, 5.74) is 7.54. The number of nitrogen functional groups attached to an aromatic ring is 1. The van der Waals surface area contributed by atoms with E-state index in [0.29, 0.717) is 17.1 Å². The van der Waals surface area contributed by atoms with Crippen molar-refractivity contribution in [1.82, 2.24) is 9.88 Å². The molecule has 1 amide bonds. The first-order valence-corrected chi connectivity index (χ1v) is 7.37. The fraction of sp³-hybridized carbons (Fsp3) is 0.333. The molecule has 0 fully saturated rings. The molecule has 2 rings (SSSR count). The highest BCUT2D eigenvalue weighted by atomic mass is 32.1. The van der Waals surface area contributed by atoms with Gasteiger partial charge in [-0.1, -0.05) is 12.1 Å². The molecule has 0 saturated heterocycles. The molecule has 2 aromatic rings. The largest absolute Gasteiger partial charge is 0.399 e. The average molecular weight is 289 g/mol. The Bertz CT molecular complexity index is 607. The van der Waals surface area contributed by atoms with Crippen molar-refractivity contribution >= 4 is 22.9 Å². The van der Waals surface area contributed by atoms with E-state index in [0.717, 1.165) is 10.6 Å². The number of benzene rings is 1. The van der Waals surface area contributed by atoms with E-state index >= 15 is 0 Å². The molecule has 5 heteroatoms. The van der Waals surface area contributed by atoms with Crippen molar-refractivity contribution in [2.24, 2.45) is 0 Å². The van der Waals surface area contributed by atoms with Crippen molar-refractivity contribution in [3.8, 4) is 0 Å². The van der Waals surface area contributed by atoms with Crippen LogP contribution < -0.4 is 5.73 Å². The second kappa shape index (κ2) is 6.05. The number of aromatic nitrogens is 1. The van der Waals surface area contributed by atoms with Crippen molar-refractivity contribution in [2.45, 2.75) is 33.4 Å². The van der Waals surface area contributed by atoms with Gasteiger partial charge in [-0.25, -0.2) is 4.98 Å². The van der Waals surface area contributed by atoms with Gasteiger partial charge in [-0.3, -0.25) is 4.79 Å². The number of amides is 1. The van der Waals surface area contributed by atoms with Crippen LogP contribution >= 0.6 is 11.3 Å². The summed E-state index contributed by atoms with van der Waals surface area (Å²) in [7, 11) is 0. The minimum atomic E-state index is 0.0213. The monoisotopic (exact) mass is 289 g/mol. The van der Waals surface area contributed by atoms with E-state index in [1.54, 1.807) is 6.20 Å². The van der Waals surface area contributed by atoms with Crippen molar-refractivity contribution in [3.63, 3.8) is 0 Å². The van der Waals surface area contributed by atoms with Crippen LogP contribution in [-0.2, 0) is 6.54 Å². The summed E-state index contributed by atoms with van der Waals surface area (Å²) in [5.74, 6) is 0.0213. The van der Waals surface area contributed by atoms with Gasteiger partial charge in [-0.05, 0) is 38.5 Å². The van der Waals surface area contributed by atoms with Gasteiger partial charge in [0.25, 0.3) is 5.91 Å². The maximum absolute atomic E-state index is 12.6. The first-order chi connectivity index (χ1) is 9.47. The molecule has 0 radical (unpaired) electrons. The number of nitrogens with zero attached hydrogens (tertiary/aromatic N) is 2. The Balaban J connectivity index is 2.21. The third kappa shape index (κ3) is 3.36. The summed E-state index contributed by atoms with van der Waals surface area (Å²) in [6, 6.07) is 7.76. The second-order valence-corrected chi connectivity index (χ2v) is 6.25. The van der Waals surface area contributed by atoms with Gasteiger partial charge in [0.2, 0.25) is 0 Å². The molecule has 2 N–H and O–H groups in total. The topological polar surface area (TPSA) is 59.2 Å². The first-order valence-electron chi connectivity index (χ1n) is 6.55. The van der Waals surface area contributed by atoms with Crippen LogP contribution in [0.3, 0.4) is 0 Å². The molecule has 1 aromatic carbocycles. The molecule has 4 nitrogen and oxygen atoms in total. The van der Waals surface area contributed by atoms with E-state index in [4.69, 9.17) is 5.73 Å². The van der Waals surface area contributed by atoms with Crippen LogP contribution in [0.4, 0.5) is 5.69 Å². The van der Waals surface area contributed by atoms with Crippen molar-refractivity contribution in [2.75, 3.05) is 5.73 Å². The molecule has 0 saturated carbocycles. The Morgan fingerprint density at radius 3 is 2.75 bits per heavy atom. The Hall–Kier alpha value is -1.88. The molecule has 0 unspecified atom stereocenters. The zero-order chi connectivity index (χ0) is 14.7. The molecule has 0 aliphatic carbocycles. The highest BCUT2D eigenvalue weighted by Crippen LogP contribution is 2.19. The van der Waals surface area contributed by atoms with Gasteiger partial charge in [-0.2, -0.15) is 0 Å². The van der Waals surface area contributed by atoms with Crippen LogP contribution in [0.25, 0.3) is 0 Å². The fourth-order valence-electron chi connectivity index (χ4n) is 1.98. The van der Waals surface area contributed by atoms with Crippen LogP contribution in [-0.4, -0.2) is 21.8 Å². The molecule has 0 atom stereocenters. The minimum Gasteiger partial charge on any atom is -0.399 e. The second-order valence-electron chi connectivity index (χ2n) is 5.02. The molecular formula is C15H19N3OS. The van der Waals surface area contributed by atoms with Gasteiger partial charge < -0.3 is 10.6 Å². The lowest BCUT2D eigenvalue weighted by atomic mass is 10.1. The Morgan fingerprint density at radius 1 is 1.45 bits per heavy atom. The van der Waals surface area contributed by atoms with Crippen molar-refractivity contribution in [1.29, 1.82) is 0 Å². The van der Waals surface area contributed by atoms with E-state index in [9.17, 15) is 4.79 Å². The van der Waals surface area contributed by atoms with Crippen LogP contribution in [0.1, 0.15) is 34.1 Å². The summed E-state index contributed by atoms with van der Waals surface area (Å²) in [4.78, 5) is 19.2.